The van der Waals surface area contributed by atoms with Gasteiger partial charge in [0.15, 0.2) is 0 Å². The van der Waals surface area contributed by atoms with Crippen molar-refractivity contribution in [3.8, 4) is 22.9 Å². The lowest BCUT2D eigenvalue weighted by Crippen LogP contribution is -2.19. The minimum Gasteiger partial charge on any atom is -0.495 e. The lowest BCUT2D eigenvalue weighted by atomic mass is 10.2. The molecule has 1 N–H and O–H groups in total. The van der Waals surface area contributed by atoms with Gasteiger partial charge in [0.25, 0.3) is 5.91 Å². The number of nitrogens with zero attached hydrogens (tertiary/aromatic N) is 5. The third-order valence-corrected chi connectivity index (χ3v) is 3.50. The summed E-state index contributed by atoms with van der Waals surface area (Å²) in [5.41, 5.74) is 2.75. The van der Waals surface area contributed by atoms with Gasteiger partial charge >= 0.3 is 0 Å². The number of aromatic nitrogens is 4. The lowest BCUT2D eigenvalue weighted by Gasteiger charge is -2.05. The van der Waals surface area contributed by atoms with Crippen LogP contribution in [0.1, 0.15) is 29.8 Å². The number of hydrogen-bond acceptors (Lipinski definition) is 8. The first-order valence-corrected chi connectivity index (χ1v) is 8.00. The summed E-state index contributed by atoms with van der Waals surface area (Å²) in [6, 6.07) is 4.05. The van der Waals surface area contributed by atoms with Crippen molar-refractivity contribution in [3.63, 3.8) is 0 Å². The van der Waals surface area contributed by atoms with Crippen LogP contribution in [0.2, 0.25) is 0 Å². The van der Waals surface area contributed by atoms with Gasteiger partial charge in [0, 0.05) is 21.9 Å². The molecule has 9 nitrogen and oxygen atoms in total. The number of hydrogen-bond donors (Lipinski definition) is 1. The average Bonchev–Trinajstić information content (AvgIpc) is 2.80. The largest absolute Gasteiger partial charge is 0.495 e. The molecule has 29 heavy (non-hydrogen) atoms. The summed E-state index contributed by atoms with van der Waals surface area (Å²) in [5.74, 6) is -1.46. The number of amides is 1. The molecule has 3 aromatic heterocycles. The van der Waals surface area contributed by atoms with E-state index in [9.17, 15) is 9.18 Å². The van der Waals surface area contributed by atoms with Crippen LogP contribution < -0.4 is 14.9 Å². The van der Waals surface area contributed by atoms with Gasteiger partial charge in [0.2, 0.25) is 11.8 Å². The van der Waals surface area contributed by atoms with Gasteiger partial charge in [-0.2, -0.15) is 9.49 Å². The minimum atomic E-state index is -3.00. The minimum absolute atomic E-state index is 0.00395. The number of ether oxygens (including phenoxy) is 2. The first-order chi connectivity index (χ1) is 16.0. The molecule has 10 heteroatoms. The molecule has 0 unspecified atom stereocenters. The number of rotatable bonds is 7. The summed E-state index contributed by atoms with van der Waals surface area (Å²) < 4.78 is 60.0. The van der Waals surface area contributed by atoms with Crippen molar-refractivity contribution in [2.24, 2.45) is 5.10 Å². The van der Waals surface area contributed by atoms with Crippen molar-refractivity contribution in [2.75, 3.05) is 13.7 Å². The van der Waals surface area contributed by atoms with Crippen LogP contribution in [0.4, 0.5) is 4.39 Å². The third-order valence-electron chi connectivity index (χ3n) is 3.50. The molecular weight excluding hydrogens is 379 g/mol. The molecule has 1 amide bonds. The van der Waals surface area contributed by atoms with Gasteiger partial charge in [-0.15, -0.1) is 0 Å². The molecule has 0 fully saturated rings. The van der Waals surface area contributed by atoms with Crippen LogP contribution in [0, 0.1) is 5.95 Å². The Hall–Kier alpha value is -3.95. The van der Waals surface area contributed by atoms with Crippen LogP contribution in [0.3, 0.4) is 0 Å². The molecular formula is C19H17FN6O3. The van der Waals surface area contributed by atoms with Crippen LogP contribution in [0.5, 0.6) is 11.6 Å². The molecule has 0 atom stereocenters. The van der Waals surface area contributed by atoms with Crippen LogP contribution in [-0.2, 0) is 0 Å². The smallest absolute Gasteiger partial charge is 0.291 e. The molecule has 0 spiro atoms. The lowest BCUT2D eigenvalue weighted by molar-refractivity contribution is 0.0950. The molecule has 0 saturated carbocycles. The molecule has 0 bridgehead atoms. The summed E-state index contributed by atoms with van der Waals surface area (Å²) >= 11 is 0. The highest BCUT2D eigenvalue weighted by Gasteiger charge is 2.10. The first kappa shape index (κ1) is 14.1. The standard InChI is InChI=1S/C19H17FN6O3/c1-3-29-17-5-4-12(7-22-17)15-10-21-11-16(25-15)19(27)26-24-8-13-6-14(28-2)9-23-18(13)20/h4-11H,3H2,1-2H3,(H,26,27)/b24-8+/i1D3,3D2. The topological polar surface area (TPSA) is 111 Å². The summed E-state index contributed by atoms with van der Waals surface area (Å²) in [6.45, 7) is -5.93. The molecule has 0 radical (unpaired) electrons. The van der Waals surface area contributed by atoms with Crippen molar-refractivity contribution in [2.45, 2.75) is 6.85 Å². The molecule has 148 valence electrons. The SMILES string of the molecule is [2H]C([2H])([2H])C([2H])([2H])Oc1ccc(-c2cncc(C(=O)N/N=C/c3cc(OC)cnc3F)n2)cn1. The van der Waals surface area contributed by atoms with E-state index in [0.717, 1.165) is 6.21 Å². The first-order valence-electron chi connectivity index (χ1n) is 10.5. The highest BCUT2D eigenvalue weighted by Crippen LogP contribution is 2.18. The summed E-state index contributed by atoms with van der Waals surface area (Å²) in [6.07, 6.45) is 6.06. The molecule has 0 saturated heterocycles. The van der Waals surface area contributed by atoms with Gasteiger partial charge in [-0.25, -0.2) is 20.4 Å². The van der Waals surface area contributed by atoms with Gasteiger partial charge in [0.1, 0.15) is 11.4 Å². The normalized spacial score (nSPS) is 14.2. The van der Waals surface area contributed by atoms with Gasteiger partial charge < -0.3 is 9.47 Å². The molecule has 0 aromatic carbocycles. The second kappa shape index (κ2) is 9.31. The monoisotopic (exact) mass is 401 g/mol. The number of carbonyl (C=O) groups excluding carboxylic acids is 1. The zero-order chi connectivity index (χ0) is 24.9. The number of pyridine rings is 2. The Morgan fingerprint density at radius 3 is 3.00 bits per heavy atom. The fraction of sp³-hybridized carbons (Fsp3) is 0.158. The number of methoxy groups -OCH3 is 1. The van der Waals surface area contributed by atoms with Crippen molar-refractivity contribution in [1.29, 1.82) is 0 Å². The van der Waals surface area contributed by atoms with Gasteiger partial charge in [-0.3, -0.25) is 9.78 Å². The molecule has 0 aliphatic carbocycles. The number of halogens is 1. The molecule has 0 aliphatic heterocycles. The molecule has 3 rings (SSSR count). The second-order valence-corrected chi connectivity index (χ2v) is 5.33. The van der Waals surface area contributed by atoms with Gasteiger partial charge in [-0.05, 0) is 19.0 Å². The van der Waals surface area contributed by atoms with Crippen molar-refractivity contribution >= 4 is 12.1 Å². The number of nitrogens with one attached hydrogen (secondary N) is 1. The van der Waals surface area contributed by atoms with E-state index in [1.165, 1.54) is 50.1 Å². The average molecular weight is 401 g/mol. The third kappa shape index (κ3) is 5.06. The molecule has 0 aliphatic rings. The second-order valence-electron chi connectivity index (χ2n) is 5.33. The summed E-state index contributed by atoms with van der Waals surface area (Å²) in [4.78, 5) is 27.8. The van der Waals surface area contributed by atoms with Crippen LogP contribution in [0.25, 0.3) is 11.3 Å². The van der Waals surface area contributed by atoms with Crippen molar-refractivity contribution in [1.82, 2.24) is 25.4 Å². The fourth-order valence-electron chi connectivity index (χ4n) is 2.12. The van der Waals surface area contributed by atoms with Crippen LogP contribution >= 0.6 is 0 Å². The molecule has 3 heterocycles. The summed E-state index contributed by atoms with van der Waals surface area (Å²) in [7, 11) is 1.40. The summed E-state index contributed by atoms with van der Waals surface area (Å²) in [5, 5.41) is 3.68. The van der Waals surface area contributed by atoms with Crippen LogP contribution in [-0.4, -0.2) is 45.7 Å². The predicted molar refractivity (Wildman–Crippen MR) is 102 cm³/mol. The van der Waals surface area contributed by atoms with E-state index in [1.807, 2.05) is 0 Å². The van der Waals surface area contributed by atoms with Crippen molar-refractivity contribution in [3.05, 3.63) is 60.2 Å². The Kier molecular flexibility index (Phi) is 4.53. The van der Waals surface area contributed by atoms with E-state index in [4.69, 9.17) is 16.3 Å². The van der Waals surface area contributed by atoms with Gasteiger partial charge in [0.05, 0.1) is 52.5 Å². The Morgan fingerprint density at radius 1 is 1.34 bits per heavy atom. The Morgan fingerprint density at radius 2 is 2.24 bits per heavy atom. The fourth-order valence-corrected chi connectivity index (χ4v) is 2.12. The predicted octanol–water partition coefficient (Wildman–Crippen LogP) is 2.24. The van der Waals surface area contributed by atoms with Crippen LogP contribution in [0.15, 0.2) is 48.1 Å². The van der Waals surface area contributed by atoms with Gasteiger partial charge in [-0.1, -0.05) is 0 Å². The zero-order valence-electron chi connectivity index (χ0n) is 20.0. The molecule has 3 aromatic rings. The van der Waals surface area contributed by atoms with Crippen molar-refractivity contribution < 1.29 is 25.5 Å². The number of hydrazone groups is 1. The highest BCUT2D eigenvalue weighted by atomic mass is 19.1. The highest BCUT2D eigenvalue weighted by molar-refractivity contribution is 5.93. The van der Waals surface area contributed by atoms with E-state index in [1.54, 1.807) is 0 Å². The quantitative estimate of drug-likeness (QED) is 0.367. The van der Waals surface area contributed by atoms with E-state index in [-0.39, 0.29) is 22.8 Å². The Labute approximate surface area is 172 Å². The Bertz CT molecular complexity index is 1210. The van der Waals surface area contributed by atoms with E-state index in [0.29, 0.717) is 11.3 Å². The zero-order valence-corrected chi connectivity index (χ0v) is 15.0. The van der Waals surface area contributed by atoms with E-state index in [2.05, 4.69) is 30.5 Å². The number of carbonyl (C=O) groups is 1. The van der Waals surface area contributed by atoms with E-state index < -0.39 is 25.3 Å². The maximum absolute atomic E-state index is 13.7. The van der Waals surface area contributed by atoms with E-state index >= 15 is 0 Å². The Balaban J connectivity index is 1.70. The maximum Gasteiger partial charge on any atom is 0.291 e. The maximum atomic E-state index is 13.7.